The maximum Gasteiger partial charge on any atom is 0.203 e. The third-order valence-corrected chi connectivity index (χ3v) is 5.83. The van der Waals surface area contributed by atoms with Gasteiger partial charge in [0.25, 0.3) is 0 Å². The molecule has 11 nitrogen and oxygen atoms in total. The van der Waals surface area contributed by atoms with E-state index in [1.165, 1.54) is 0 Å². The smallest absolute Gasteiger partial charge is 0.203 e. The van der Waals surface area contributed by atoms with E-state index in [0.717, 1.165) is 47.3 Å². The predicted octanol–water partition coefficient (Wildman–Crippen LogP) is 2.54. The predicted molar refractivity (Wildman–Crippen MR) is 130 cm³/mol. The summed E-state index contributed by atoms with van der Waals surface area (Å²) in [7, 11) is 0. The molecular formula is C23H31N9O2. The zero-order valence-corrected chi connectivity index (χ0v) is 20.2. The van der Waals surface area contributed by atoms with Crippen molar-refractivity contribution in [2.24, 2.45) is 0 Å². The molecule has 5 heterocycles. The molecule has 1 fully saturated rings. The zero-order valence-electron chi connectivity index (χ0n) is 20.2. The van der Waals surface area contributed by atoms with Gasteiger partial charge in [0.2, 0.25) is 5.65 Å². The van der Waals surface area contributed by atoms with Crippen LogP contribution >= 0.6 is 0 Å². The molecule has 0 aliphatic carbocycles. The number of fused-ring (bicyclic) bond motifs is 2. The van der Waals surface area contributed by atoms with E-state index in [-0.39, 0.29) is 6.04 Å². The molecule has 5 rings (SSSR count). The Kier molecular flexibility index (Phi) is 6.29. The molecular weight excluding hydrogens is 434 g/mol. The highest BCUT2D eigenvalue weighted by molar-refractivity contribution is 5.82. The lowest BCUT2D eigenvalue weighted by atomic mass is 10.3. The molecule has 1 saturated heterocycles. The maximum atomic E-state index is 5.70. The van der Waals surface area contributed by atoms with Crippen LogP contribution < -0.4 is 10.2 Å². The number of pyridine rings is 1. The molecule has 0 spiro atoms. The van der Waals surface area contributed by atoms with Crippen LogP contribution in [0.3, 0.4) is 0 Å². The first kappa shape index (κ1) is 22.5. The molecule has 4 aromatic rings. The molecule has 0 amide bonds. The van der Waals surface area contributed by atoms with E-state index in [1.807, 2.05) is 30.6 Å². The number of nitrogens with one attached hydrogen (secondary N) is 1. The van der Waals surface area contributed by atoms with Gasteiger partial charge in [0.05, 0.1) is 31.5 Å². The average Bonchev–Trinajstić information content (AvgIpc) is 3.40. The lowest BCUT2D eigenvalue weighted by molar-refractivity contribution is 0.122. The van der Waals surface area contributed by atoms with Gasteiger partial charge in [0.15, 0.2) is 11.6 Å². The Morgan fingerprint density at radius 1 is 1.18 bits per heavy atom. The van der Waals surface area contributed by atoms with Crippen LogP contribution in [0.1, 0.15) is 26.6 Å². The number of aromatic nitrogens is 7. The second kappa shape index (κ2) is 9.51. The molecule has 1 aliphatic heterocycles. The summed E-state index contributed by atoms with van der Waals surface area (Å²) < 4.78 is 15.3. The van der Waals surface area contributed by atoms with Gasteiger partial charge in [-0.05, 0) is 27.7 Å². The first-order chi connectivity index (χ1) is 16.5. The van der Waals surface area contributed by atoms with Gasteiger partial charge in [-0.1, -0.05) is 0 Å². The highest BCUT2D eigenvalue weighted by Crippen LogP contribution is 2.28. The molecule has 0 bridgehead atoms. The van der Waals surface area contributed by atoms with E-state index in [1.54, 1.807) is 0 Å². The molecule has 0 unspecified atom stereocenters. The topological polar surface area (TPSA) is 108 Å². The number of aryl methyl sites for hydroxylation is 1. The molecule has 0 atom stereocenters. The molecule has 0 saturated carbocycles. The summed E-state index contributed by atoms with van der Waals surface area (Å²) in [5.41, 5.74) is 3.26. The lowest BCUT2D eigenvalue weighted by Gasteiger charge is -2.27. The maximum absolute atomic E-state index is 5.70. The van der Waals surface area contributed by atoms with Gasteiger partial charge in [-0.25, -0.2) is 15.0 Å². The number of ether oxygens (including phenoxy) is 2. The number of hydrogen-bond donors (Lipinski definition) is 1. The summed E-state index contributed by atoms with van der Waals surface area (Å²) in [6, 6.07) is 2.31. The lowest BCUT2D eigenvalue weighted by Crippen LogP contribution is -2.36. The third-order valence-electron chi connectivity index (χ3n) is 5.83. The minimum Gasteiger partial charge on any atom is -0.380 e. The van der Waals surface area contributed by atoms with Crippen molar-refractivity contribution < 1.29 is 9.47 Å². The van der Waals surface area contributed by atoms with Crippen LogP contribution in [0, 0.1) is 6.92 Å². The summed E-state index contributed by atoms with van der Waals surface area (Å²) in [5.74, 6) is 3.17. The number of nitrogens with zero attached hydrogens (tertiary/aromatic N) is 8. The molecule has 1 aliphatic rings. The Morgan fingerprint density at radius 3 is 2.76 bits per heavy atom. The van der Waals surface area contributed by atoms with Crippen molar-refractivity contribution in [1.82, 2.24) is 34.1 Å². The Bertz CT molecular complexity index is 1290. The van der Waals surface area contributed by atoms with Crippen LogP contribution in [0.25, 0.3) is 28.2 Å². The monoisotopic (exact) mass is 465 g/mol. The fourth-order valence-corrected chi connectivity index (χ4v) is 4.19. The second-order valence-corrected chi connectivity index (χ2v) is 8.63. The van der Waals surface area contributed by atoms with Crippen LogP contribution in [-0.4, -0.2) is 79.7 Å². The van der Waals surface area contributed by atoms with Crippen molar-refractivity contribution in [3.05, 3.63) is 24.3 Å². The Hall–Kier alpha value is -3.31. The van der Waals surface area contributed by atoms with Gasteiger partial charge in [0.1, 0.15) is 22.9 Å². The molecule has 4 aromatic heterocycles. The third kappa shape index (κ3) is 4.28. The minimum atomic E-state index is 0.195. The molecule has 1 N–H and O–H groups in total. The largest absolute Gasteiger partial charge is 0.380 e. The van der Waals surface area contributed by atoms with Crippen LogP contribution in [0.2, 0.25) is 0 Å². The van der Waals surface area contributed by atoms with Crippen molar-refractivity contribution >= 4 is 28.3 Å². The van der Waals surface area contributed by atoms with Crippen molar-refractivity contribution in [1.29, 1.82) is 0 Å². The molecule has 0 radical (unpaired) electrons. The Balaban J connectivity index is 1.65. The summed E-state index contributed by atoms with van der Waals surface area (Å²) in [6.45, 7) is 13.0. The zero-order chi connectivity index (χ0) is 23.7. The number of morpholine rings is 1. The Labute approximate surface area is 198 Å². The minimum absolute atomic E-state index is 0.195. The molecule has 34 heavy (non-hydrogen) atoms. The quantitative estimate of drug-likeness (QED) is 0.393. The van der Waals surface area contributed by atoms with Gasteiger partial charge >= 0.3 is 0 Å². The van der Waals surface area contributed by atoms with Gasteiger partial charge in [-0.15, -0.1) is 10.2 Å². The van der Waals surface area contributed by atoms with E-state index in [9.17, 15) is 0 Å². The van der Waals surface area contributed by atoms with Gasteiger partial charge in [0, 0.05) is 44.5 Å². The van der Waals surface area contributed by atoms with E-state index in [0.29, 0.717) is 44.4 Å². The molecule has 11 heteroatoms. The van der Waals surface area contributed by atoms with Crippen LogP contribution in [0.4, 0.5) is 11.6 Å². The fourth-order valence-electron chi connectivity index (χ4n) is 4.19. The van der Waals surface area contributed by atoms with Crippen molar-refractivity contribution in [3.63, 3.8) is 0 Å². The van der Waals surface area contributed by atoms with E-state index in [4.69, 9.17) is 24.4 Å². The first-order valence-electron chi connectivity index (χ1n) is 11.8. The van der Waals surface area contributed by atoms with Crippen LogP contribution in [0.5, 0.6) is 0 Å². The normalized spacial score (nSPS) is 14.6. The summed E-state index contributed by atoms with van der Waals surface area (Å²) in [5, 5.41) is 12.0. The average molecular weight is 466 g/mol. The van der Waals surface area contributed by atoms with Gasteiger partial charge < -0.3 is 24.3 Å². The van der Waals surface area contributed by atoms with E-state index < -0.39 is 0 Å². The standard InChI is InChI=1S/C23H31N9O2/c1-5-33-11-8-31-19-12-20(30-6-9-34-10-7-30)24-13-17(19)27-22(31)18-14-32-16(4)28-29-23(32)21(26-18)25-15(2)3/h12-15H,5-11H2,1-4H3,(H,25,26). The van der Waals surface area contributed by atoms with E-state index >= 15 is 0 Å². The highest BCUT2D eigenvalue weighted by atomic mass is 16.5. The molecule has 0 aromatic carbocycles. The van der Waals surface area contributed by atoms with Gasteiger partial charge in [-0.2, -0.15) is 0 Å². The highest BCUT2D eigenvalue weighted by Gasteiger charge is 2.20. The van der Waals surface area contributed by atoms with Crippen molar-refractivity contribution in [2.45, 2.75) is 40.3 Å². The second-order valence-electron chi connectivity index (χ2n) is 8.63. The Morgan fingerprint density at radius 2 is 2.00 bits per heavy atom. The number of imidazole rings is 1. The SMILES string of the molecule is CCOCCn1c(-c2cn3c(C)nnc3c(NC(C)C)n2)nc2cnc(N3CCOCC3)cc21. The van der Waals surface area contributed by atoms with Crippen molar-refractivity contribution in [2.75, 3.05) is 49.7 Å². The first-order valence-corrected chi connectivity index (χ1v) is 11.8. The fraction of sp³-hybridized carbons (Fsp3) is 0.522. The number of anilines is 2. The van der Waals surface area contributed by atoms with Crippen LogP contribution in [-0.2, 0) is 16.0 Å². The summed E-state index contributed by atoms with van der Waals surface area (Å²) in [4.78, 5) is 16.8. The summed E-state index contributed by atoms with van der Waals surface area (Å²) in [6.07, 6.45) is 3.79. The van der Waals surface area contributed by atoms with Crippen LogP contribution in [0.15, 0.2) is 18.5 Å². The van der Waals surface area contributed by atoms with Gasteiger partial charge in [-0.3, -0.25) is 4.40 Å². The van der Waals surface area contributed by atoms with Crippen molar-refractivity contribution in [3.8, 4) is 11.5 Å². The molecule has 180 valence electrons. The van der Waals surface area contributed by atoms with E-state index in [2.05, 4.69) is 44.9 Å². The number of rotatable bonds is 8. The summed E-state index contributed by atoms with van der Waals surface area (Å²) >= 11 is 0. The number of hydrogen-bond acceptors (Lipinski definition) is 9.